The number of carbonyl (C=O) groups is 1. The zero-order valence-corrected chi connectivity index (χ0v) is 12.2. The number of amides is 1. The number of hydrogen-bond acceptors (Lipinski definition) is 3. The monoisotopic (exact) mass is 289 g/mol. The summed E-state index contributed by atoms with van der Waals surface area (Å²) in [7, 11) is 0. The first-order valence-corrected chi connectivity index (χ1v) is 7.79. The molecule has 1 aromatic rings. The molecule has 0 unspecified atom stereocenters. The molecule has 3 rings (SSSR count). The van der Waals surface area contributed by atoms with E-state index in [4.69, 9.17) is 0 Å². The van der Waals surface area contributed by atoms with Crippen LogP contribution in [0.3, 0.4) is 0 Å². The lowest BCUT2D eigenvalue weighted by atomic mass is 10.0. The van der Waals surface area contributed by atoms with Gasteiger partial charge in [0, 0.05) is 25.9 Å². The predicted octanol–water partition coefficient (Wildman–Crippen LogP) is 1.21. The Morgan fingerprint density at radius 3 is 2.38 bits per heavy atom. The quantitative estimate of drug-likeness (QED) is 0.876. The van der Waals surface area contributed by atoms with Crippen LogP contribution in [0.2, 0.25) is 0 Å². The van der Waals surface area contributed by atoms with E-state index in [-0.39, 0.29) is 5.91 Å². The van der Waals surface area contributed by atoms with Gasteiger partial charge in [0.2, 0.25) is 5.91 Å². The van der Waals surface area contributed by atoms with E-state index >= 15 is 0 Å². The normalized spacial score (nSPS) is 32.0. The summed E-state index contributed by atoms with van der Waals surface area (Å²) in [5, 5.41) is 19.3. The number of nitrogens with zero attached hydrogens (tertiary/aromatic N) is 1. The molecule has 2 N–H and O–H groups in total. The molecule has 1 aliphatic carbocycles. The molecule has 0 bridgehead atoms. The number of rotatable bonds is 4. The van der Waals surface area contributed by atoms with Gasteiger partial charge in [-0.3, -0.25) is 4.79 Å². The molecule has 1 saturated carbocycles. The van der Waals surface area contributed by atoms with Crippen molar-refractivity contribution >= 4 is 5.91 Å². The maximum Gasteiger partial charge on any atom is 0.223 e. The Hall–Kier alpha value is -1.39. The number of β-amino-alcohol motifs (C(OH)–C–C–N with tert-alkyl or cyclic N) is 2. The van der Waals surface area contributed by atoms with Gasteiger partial charge in [-0.25, -0.2) is 0 Å². The average Bonchev–Trinajstić information content (AvgIpc) is 3.16. The first-order valence-electron chi connectivity index (χ1n) is 7.79. The van der Waals surface area contributed by atoms with Gasteiger partial charge in [0.1, 0.15) is 0 Å². The molecule has 0 spiro atoms. The summed E-state index contributed by atoms with van der Waals surface area (Å²) in [5.41, 5.74) is 1.33. The van der Waals surface area contributed by atoms with Crippen LogP contribution in [-0.2, 0) is 11.2 Å². The lowest BCUT2D eigenvalue weighted by molar-refractivity contribution is -0.138. The van der Waals surface area contributed by atoms with Gasteiger partial charge in [-0.1, -0.05) is 30.3 Å². The van der Waals surface area contributed by atoms with Gasteiger partial charge in [0.25, 0.3) is 0 Å². The molecule has 2 aliphatic rings. The van der Waals surface area contributed by atoms with Gasteiger partial charge in [0.15, 0.2) is 0 Å². The third-order valence-corrected chi connectivity index (χ3v) is 4.61. The van der Waals surface area contributed by atoms with E-state index in [1.165, 1.54) is 5.56 Å². The van der Waals surface area contributed by atoms with Crippen molar-refractivity contribution in [1.82, 2.24) is 4.90 Å². The molecule has 21 heavy (non-hydrogen) atoms. The molecule has 0 radical (unpaired) electrons. The fraction of sp³-hybridized carbons (Fsp3) is 0.588. The molecule has 1 saturated heterocycles. The third kappa shape index (κ3) is 3.83. The van der Waals surface area contributed by atoms with E-state index in [2.05, 4.69) is 12.1 Å². The van der Waals surface area contributed by atoms with E-state index in [0.29, 0.717) is 37.8 Å². The van der Waals surface area contributed by atoms with Crippen molar-refractivity contribution in [1.29, 1.82) is 0 Å². The molecule has 114 valence electrons. The maximum absolute atomic E-state index is 12.2. The van der Waals surface area contributed by atoms with Crippen molar-refractivity contribution in [2.75, 3.05) is 13.1 Å². The van der Waals surface area contributed by atoms with Crippen molar-refractivity contribution in [3.63, 3.8) is 0 Å². The summed E-state index contributed by atoms with van der Waals surface area (Å²) in [6, 6.07) is 10.4. The topological polar surface area (TPSA) is 60.8 Å². The Balaban J connectivity index is 1.46. The van der Waals surface area contributed by atoms with Crippen LogP contribution in [0.4, 0.5) is 0 Å². The van der Waals surface area contributed by atoms with Crippen LogP contribution in [0, 0.1) is 11.8 Å². The maximum atomic E-state index is 12.2. The number of aliphatic hydroxyl groups excluding tert-OH is 2. The minimum absolute atomic E-state index is 0.0772. The molecule has 4 atom stereocenters. The largest absolute Gasteiger partial charge is 0.391 e. The number of benzene rings is 1. The molecular formula is C17H23NO3. The van der Waals surface area contributed by atoms with E-state index in [1.54, 1.807) is 4.90 Å². The second-order valence-corrected chi connectivity index (χ2v) is 6.49. The smallest absolute Gasteiger partial charge is 0.223 e. The summed E-state index contributed by atoms with van der Waals surface area (Å²) >= 11 is 0. The lowest BCUT2D eigenvalue weighted by Gasteiger charge is -2.33. The molecule has 1 heterocycles. The van der Waals surface area contributed by atoms with Crippen molar-refractivity contribution in [3.8, 4) is 0 Å². The van der Waals surface area contributed by atoms with Crippen molar-refractivity contribution in [2.45, 2.75) is 37.9 Å². The van der Waals surface area contributed by atoms with Crippen LogP contribution in [0.15, 0.2) is 30.3 Å². The number of hydrogen-bond donors (Lipinski definition) is 2. The average molecular weight is 289 g/mol. The van der Waals surface area contributed by atoms with Crippen LogP contribution < -0.4 is 0 Å². The van der Waals surface area contributed by atoms with Gasteiger partial charge in [-0.15, -0.1) is 0 Å². The Bertz CT molecular complexity index is 480. The highest BCUT2D eigenvalue weighted by atomic mass is 16.3. The molecule has 1 amide bonds. The van der Waals surface area contributed by atoms with Crippen molar-refractivity contribution in [3.05, 3.63) is 35.9 Å². The van der Waals surface area contributed by atoms with Crippen LogP contribution >= 0.6 is 0 Å². The van der Waals surface area contributed by atoms with Gasteiger partial charge in [0.05, 0.1) is 12.2 Å². The standard InChI is InChI=1S/C17H23NO3/c19-15-9-16(20)11-18(10-15)17(21)8-14-7-13(14)6-12-4-2-1-3-5-12/h1-5,13-16,19-20H,6-11H2/t13-,14+,15-,16+/m1/s1. The highest BCUT2D eigenvalue weighted by Crippen LogP contribution is 2.43. The van der Waals surface area contributed by atoms with Gasteiger partial charge >= 0.3 is 0 Å². The zero-order chi connectivity index (χ0) is 14.8. The second kappa shape index (κ2) is 6.16. The number of carbonyl (C=O) groups excluding carboxylic acids is 1. The molecule has 1 aromatic carbocycles. The Morgan fingerprint density at radius 1 is 1.05 bits per heavy atom. The van der Waals surface area contributed by atoms with Gasteiger partial charge in [-0.2, -0.15) is 0 Å². The zero-order valence-electron chi connectivity index (χ0n) is 12.2. The van der Waals surface area contributed by atoms with Crippen molar-refractivity contribution < 1.29 is 15.0 Å². The molecule has 4 heteroatoms. The van der Waals surface area contributed by atoms with Crippen LogP contribution in [0.1, 0.15) is 24.8 Å². The molecule has 1 aliphatic heterocycles. The van der Waals surface area contributed by atoms with Crippen LogP contribution in [0.5, 0.6) is 0 Å². The number of piperidine rings is 1. The van der Waals surface area contributed by atoms with Crippen LogP contribution in [-0.4, -0.2) is 46.3 Å². The molecule has 0 aromatic heterocycles. The number of aliphatic hydroxyl groups is 2. The van der Waals surface area contributed by atoms with Crippen LogP contribution in [0.25, 0.3) is 0 Å². The lowest BCUT2D eigenvalue weighted by Crippen LogP contribution is -2.48. The summed E-state index contributed by atoms with van der Waals surface area (Å²) < 4.78 is 0. The van der Waals surface area contributed by atoms with E-state index in [9.17, 15) is 15.0 Å². The first kappa shape index (κ1) is 14.5. The fourth-order valence-electron chi connectivity index (χ4n) is 3.33. The number of likely N-dealkylation sites (tertiary alicyclic amines) is 1. The summed E-state index contributed by atoms with van der Waals surface area (Å²) in [6.07, 6.45) is 1.92. The summed E-state index contributed by atoms with van der Waals surface area (Å²) in [5.74, 6) is 1.15. The summed E-state index contributed by atoms with van der Waals surface area (Å²) in [4.78, 5) is 13.9. The SMILES string of the molecule is O=C(C[C@@H]1C[C@H]1Cc1ccccc1)N1C[C@H](O)C[C@H](O)C1. The first-order chi connectivity index (χ1) is 10.1. The van der Waals surface area contributed by atoms with E-state index < -0.39 is 12.2 Å². The Labute approximate surface area is 125 Å². The van der Waals surface area contributed by atoms with Crippen molar-refractivity contribution in [2.24, 2.45) is 11.8 Å². The molecule has 2 fully saturated rings. The predicted molar refractivity (Wildman–Crippen MR) is 79.6 cm³/mol. The third-order valence-electron chi connectivity index (χ3n) is 4.61. The minimum atomic E-state index is -0.586. The van der Waals surface area contributed by atoms with E-state index in [0.717, 1.165) is 12.8 Å². The molecule has 4 nitrogen and oxygen atoms in total. The Kier molecular flexibility index (Phi) is 4.27. The highest BCUT2D eigenvalue weighted by Gasteiger charge is 2.39. The summed E-state index contributed by atoms with van der Waals surface area (Å²) in [6.45, 7) is 0.734. The van der Waals surface area contributed by atoms with E-state index in [1.807, 2.05) is 18.2 Å². The Morgan fingerprint density at radius 2 is 1.71 bits per heavy atom. The molecular weight excluding hydrogens is 266 g/mol. The minimum Gasteiger partial charge on any atom is -0.391 e. The fourth-order valence-corrected chi connectivity index (χ4v) is 3.33. The van der Waals surface area contributed by atoms with Gasteiger partial charge in [-0.05, 0) is 30.2 Å². The van der Waals surface area contributed by atoms with Gasteiger partial charge < -0.3 is 15.1 Å². The highest BCUT2D eigenvalue weighted by molar-refractivity contribution is 5.77. The second-order valence-electron chi connectivity index (χ2n) is 6.49.